The van der Waals surface area contributed by atoms with Crippen LogP contribution in [0.5, 0.6) is 0 Å². The molecule has 0 aliphatic carbocycles. The number of hydrogen-bond donors (Lipinski definition) is 2. The number of aromatic amines is 1. The van der Waals surface area contributed by atoms with Crippen LogP contribution in [0.2, 0.25) is 5.02 Å². The molecular formula is C18H19ClN4. The number of para-hydroxylation sites is 1. The summed E-state index contributed by atoms with van der Waals surface area (Å²) in [4.78, 5) is 2.37. The fraction of sp³-hybridized carbons (Fsp3) is 0.278. The van der Waals surface area contributed by atoms with E-state index >= 15 is 0 Å². The molecule has 0 saturated carbocycles. The Bertz CT molecular complexity index is 813. The van der Waals surface area contributed by atoms with Crippen LogP contribution in [0, 0.1) is 0 Å². The Kier molecular flexibility index (Phi) is 3.83. The van der Waals surface area contributed by atoms with Crippen LogP contribution < -0.4 is 10.2 Å². The van der Waals surface area contributed by atoms with Crippen LogP contribution in [-0.4, -0.2) is 29.3 Å². The van der Waals surface area contributed by atoms with Crippen molar-refractivity contribution in [3.05, 3.63) is 53.7 Å². The fourth-order valence-corrected chi connectivity index (χ4v) is 3.55. The molecule has 5 heteroatoms. The monoisotopic (exact) mass is 326 g/mol. The molecule has 1 saturated heterocycles. The summed E-state index contributed by atoms with van der Waals surface area (Å²) in [6, 6.07) is 14.8. The normalized spacial score (nSPS) is 18.3. The summed E-state index contributed by atoms with van der Waals surface area (Å²) in [7, 11) is 0. The molecule has 2 aromatic carbocycles. The number of hydrogen-bond acceptors (Lipinski definition) is 3. The lowest BCUT2D eigenvalue weighted by atomic mass is 10.0. The third-order valence-corrected chi connectivity index (χ3v) is 4.75. The van der Waals surface area contributed by atoms with E-state index in [1.54, 1.807) is 0 Å². The Morgan fingerprint density at radius 1 is 1.22 bits per heavy atom. The zero-order chi connectivity index (χ0) is 15.6. The van der Waals surface area contributed by atoms with Crippen molar-refractivity contribution in [1.82, 2.24) is 10.2 Å². The molecule has 1 unspecified atom stereocenters. The third kappa shape index (κ3) is 2.99. The Morgan fingerprint density at radius 2 is 2.13 bits per heavy atom. The highest BCUT2D eigenvalue weighted by atomic mass is 35.5. The van der Waals surface area contributed by atoms with Crippen molar-refractivity contribution in [3.63, 3.8) is 0 Å². The second-order valence-corrected chi connectivity index (χ2v) is 6.46. The van der Waals surface area contributed by atoms with E-state index in [-0.39, 0.29) is 0 Å². The van der Waals surface area contributed by atoms with Crippen LogP contribution in [-0.2, 0) is 0 Å². The first-order valence-corrected chi connectivity index (χ1v) is 8.36. The van der Waals surface area contributed by atoms with Gasteiger partial charge in [0, 0.05) is 30.2 Å². The fourth-order valence-electron chi connectivity index (χ4n) is 3.29. The molecule has 0 bridgehead atoms. The molecule has 2 N–H and O–H groups in total. The van der Waals surface area contributed by atoms with E-state index in [1.807, 2.05) is 24.4 Å². The molecule has 2 heterocycles. The molecular weight excluding hydrogens is 308 g/mol. The Morgan fingerprint density at radius 3 is 3.04 bits per heavy atom. The number of aromatic nitrogens is 2. The highest BCUT2D eigenvalue weighted by molar-refractivity contribution is 6.33. The van der Waals surface area contributed by atoms with E-state index < -0.39 is 0 Å². The van der Waals surface area contributed by atoms with E-state index in [2.05, 4.69) is 44.7 Å². The first kappa shape index (κ1) is 14.4. The summed E-state index contributed by atoms with van der Waals surface area (Å²) < 4.78 is 0. The molecule has 0 radical (unpaired) electrons. The molecule has 23 heavy (non-hydrogen) atoms. The standard InChI is InChI=1S/C18H19ClN4/c19-16-5-1-2-6-18(16)23-9-3-4-15(12-23)21-14-7-8-17-13(10-14)11-20-22-17/h1-2,5-8,10-11,15,21H,3-4,9,12H2,(H,20,22). The summed E-state index contributed by atoms with van der Waals surface area (Å²) in [5.41, 5.74) is 3.34. The Hall–Kier alpha value is -2.20. The molecule has 3 aromatic rings. The van der Waals surface area contributed by atoms with Gasteiger partial charge in [-0.05, 0) is 43.2 Å². The van der Waals surface area contributed by atoms with Crippen LogP contribution in [0.1, 0.15) is 12.8 Å². The van der Waals surface area contributed by atoms with Crippen molar-refractivity contribution in [3.8, 4) is 0 Å². The zero-order valence-corrected chi connectivity index (χ0v) is 13.6. The van der Waals surface area contributed by atoms with E-state index in [0.29, 0.717) is 6.04 Å². The number of anilines is 2. The van der Waals surface area contributed by atoms with E-state index in [4.69, 9.17) is 11.6 Å². The number of benzene rings is 2. The van der Waals surface area contributed by atoms with Crippen molar-refractivity contribution >= 4 is 33.9 Å². The largest absolute Gasteiger partial charge is 0.381 e. The van der Waals surface area contributed by atoms with Gasteiger partial charge in [0.15, 0.2) is 0 Å². The van der Waals surface area contributed by atoms with Gasteiger partial charge in [0.2, 0.25) is 0 Å². The molecule has 1 aliphatic rings. The van der Waals surface area contributed by atoms with Crippen LogP contribution >= 0.6 is 11.6 Å². The smallest absolute Gasteiger partial charge is 0.0651 e. The lowest BCUT2D eigenvalue weighted by molar-refractivity contribution is 0.530. The third-order valence-electron chi connectivity index (χ3n) is 4.43. The van der Waals surface area contributed by atoms with Gasteiger partial charge >= 0.3 is 0 Å². The van der Waals surface area contributed by atoms with Gasteiger partial charge in [0.1, 0.15) is 0 Å². The first-order valence-electron chi connectivity index (χ1n) is 7.99. The van der Waals surface area contributed by atoms with Crippen LogP contribution in [0.3, 0.4) is 0 Å². The van der Waals surface area contributed by atoms with Crippen molar-refractivity contribution < 1.29 is 0 Å². The highest BCUT2D eigenvalue weighted by Gasteiger charge is 2.21. The SMILES string of the molecule is Clc1ccccc1N1CCCC(Nc2ccc3[nH]ncc3c2)C1. The molecule has 4 rings (SSSR count). The van der Waals surface area contributed by atoms with Gasteiger partial charge in [-0.25, -0.2) is 0 Å². The lowest BCUT2D eigenvalue weighted by Gasteiger charge is -2.35. The van der Waals surface area contributed by atoms with Gasteiger partial charge in [-0.15, -0.1) is 0 Å². The predicted molar refractivity (Wildman–Crippen MR) is 96.4 cm³/mol. The second kappa shape index (κ2) is 6.13. The maximum Gasteiger partial charge on any atom is 0.0651 e. The molecule has 0 spiro atoms. The minimum absolute atomic E-state index is 0.421. The second-order valence-electron chi connectivity index (χ2n) is 6.05. The minimum atomic E-state index is 0.421. The summed E-state index contributed by atoms with van der Waals surface area (Å²) in [6.07, 6.45) is 4.19. The molecule has 0 amide bonds. The molecule has 1 fully saturated rings. The van der Waals surface area contributed by atoms with Gasteiger partial charge in [0.25, 0.3) is 0 Å². The summed E-state index contributed by atoms with van der Waals surface area (Å²) in [5, 5.41) is 12.7. The van der Waals surface area contributed by atoms with Crippen LogP contribution in [0.4, 0.5) is 11.4 Å². The van der Waals surface area contributed by atoms with E-state index in [1.165, 1.54) is 6.42 Å². The number of rotatable bonds is 3. The number of halogens is 1. The summed E-state index contributed by atoms with van der Waals surface area (Å²) in [5.74, 6) is 0. The quantitative estimate of drug-likeness (QED) is 0.754. The number of H-pyrrole nitrogens is 1. The summed E-state index contributed by atoms with van der Waals surface area (Å²) in [6.45, 7) is 2.02. The van der Waals surface area contributed by atoms with Crippen LogP contribution in [0.15, 0.2) is 48.7 Å². The van der Waals surface area contributed by atoms with Gasteiger partial charge < -0.3 is 10.2 Å². The number of piperidine rings is 1. The minimum Gasteiger partial charge on any atom is -0.381 e. The van der Waals surface area contributed by atoms with E-state index in [0.717, 1.165) is 46.8 Å². The molecule has 1 aromatic heterocycles. The summed E-state index contributed by atoms with van der Waals surface area (Å²) >= 11 is 6.35. The predicted octanol–water partition coefficient (Wildman–Crippen LogP) is 4.30. The van der Waals surface area contributed by atoms with Gasteiger partial charge in [-0.1, -0.05) is 23.7 Å². The lowest BCUT2D eigenvalue weighted by Crippen LogP contribution is -2.42. The Labute approximate surface area is 140 Å². The topological polar surface area (TPSA) is 44.0 Å². The van der Waals surface area contributed by atoms with Crippen LogP contribution in [0.25, 0.3) is 10.9 Å². The number of nitrogens with zero attached hydrogens (tertiary/aromatic N) is 2. The average Bonchev–Trinajstić information content (AvgIpc) is 3.03. The maximum absolute atomic E-state index is 6.35. The first-order chi connectivity index (χ1) is 11.3. The highest BCUT2D eigenvalue weighted by Crippen LogP contribution is 2.29. The van der Waals surface area contributed by atoms with Gasteiger partial charge in [0.05, 0.1) is 22.4 Å². The maximum atomic E-state index is 6.35. The molecule has 4 nitrogen and oxygen atoms in total. The van der Waals surface area contributed by atoms with Crippen molar-refractivity contribution in [2.45, 2.75) is 18.9 Å². The molecule has 1 aliphatic heterocycles. The van der Waals surface area contributed by atoms with Gasteiger partial charge in [-0.3, -0.25) is 5.10 Å². The van der Waals surface area contributed by atoms with Crippen molar-refractivity contribution in [2.24, 2.45) is 0 Å². The molecule has 1 atom stereocenters. The number of fused-ring (bicyclic) bond motifs is 1. The number of nitrogens with one attached hydrogen (secondary N) is 2. The van der Waals surface area contributed by atoms with E-state index in [9.17, 15) is 0 Å². The molecule has 118 valence electrons. The van der Waals surface area contributed by atoms with Crippen molar-refractivity contribution in [2.75, 3.05) is 23.3 Å². The average molecular weight is 327 g/mol. The van der Waals surface area contributed by atoms with Gasteiger partial charge in [-0.2, -0.15) is 5.10 Å². The van der Waals surface area contributed by atoms with Crippen molar-refractivity contribution in [1.29, 1.82) is 0 Å². The zero-order valence-electron chi connectivity index (χ0n) is 12.8. The Balaban J connectivity index is 1.50.